The average Bonchev–Trinajstić information content (AvgIpc) is 3.65. The molecule has 39 heavy (non-hydrogen) atoms. The van der Waals surface area contributed by atoms with Gasteiger partial charge in [0.2, 0.25) is 5.91 Å². The van der Waals surface area contributed by atoms with Crippen LogP contribution in [0.2, 0.25) is 0 Å². The smallest absolute Gasteiger partial charge is 0.227 e. The van der Waals surface area contributed by atoms with Gasteiger partial charge in [-0.2, -0.15) is 10.4 Å². The molecule has 2 saturated heterocycles. The van der Waals surface area contributed by atoms with E-state index in [4.69, 9.17) is 10.00 Å². The van der Waals surface area contributed by atoms with E-state index in [2.05, 4.69) is 77.4 Å². The first-order valence-corrected chi connectivity index (χ1v) is 14.2. The number of carbonyl (C=O) groups excluding carboxylic acids is 1. The lowest BCUT2D eigenvalue weighted by Crippen LogP contribution is -2.49. The van der Waals surface area contributed by atoms with Gasteiger partial charge in [-0.1, -0.05) is 24.3 Å². The topological polar surface area (TPSA) is 77.1 Å². The lowest BCUT2D eigenvalue weighted by atomic mass is 9.83. The van der Waals surface area contributed by atoms with Gasteiger partial charge in [-0.05, 0) is 56.4 Å². The number of likely N-dealkylation sites (tertiary alicyclic amines) is 1. The molecule has 204 valence electrons. The number of rotatable bonds is 6. The van der Waals surface area contributed by atoms with Crippen molar-refractivity contribution >= 4 is 17.1 Å². The summed E-state index contributed by atoms with van der Waals surface area (Å²) in [6.45, 7) is 9.55. The number of anilines is 1. The number of nitrogens with zero attached hydrogens (tertiary/aromatic N) is 6. The minimum absolute atomic E-state index is 0.0819. The molecular weight excluding hydrogens is 488 g/mol. The Balaban J connectivity index is 1.17. The van der Waals surface area contributed by atoms with Gasteiger partial charge in [-0.15, -0.1) is 0 Å². The van der Waals surface area contributed by atoms with E-state index in [0.717, 1.165) is 67.8 Å². The van der Waals surface area contributed by atoms with Crippen LogP contribution >= 0.6 is 0 Å². The molecule has 1 saturated carbocycles. The van der Waals surface area contributed by atoms with E-state index in [0.29, 0.717) is 19.1 Å². The van der Waals surface area contributed by atoms with Crippen LogP contribution in [0, 0.1) is 23.2 Å². The molecule has 4 heterocycles. The number of fused-ring (bicyclic) bond motifs is 1. The van der Waals surface area contributed by atoms with Crippen molar-refractivity contribution in [3.05, 3.63) is 54.4 Å². The molecule has 3 fully saturated rings. The van der Waals surface area contributed by atoms with Crippen molar-refractivity contribution in [1.82, 2.24) is 19.4 Å². The molecule has 0 bridgehead atoms. The minimum Gasteiger partial charge on any atom is -0.373 e. The Morgan fingerprint density at radius 1 is 1.05 bits per heavy atom. The summed E-state index contributed by atoms with van der Waals surface area (Å²) >= 11 is 0. The van der Waals surface area contributed by atoms with E-state index < -0.39 is 0 Å². The van der Waals surface area contributed by atoms with Crippen LogP contribution in [0.25, 0.3) is 16.6 Å². The molecule has 1 aliphatic carbocycles. The molecule has 0 unspecified atom stereocenters. The number of nitriles is 1. The largest absolute Gasteiger partial charge is 0.373 e. The molecule has 0 spiro atoms. The molecule has 3 aromatic rings. The fraction of sp³-hybridized carbons (Fsp3) is 0.516. The molecule has 8 nitrogen and oxygen atoms in total. The maximum atomic E-state index is 12.7. The lowest BCUT2D eigenvalue weighted by molar-refractivity contribution is -0.133. The summed E-state index contributed by atoms with van der Waals surface area (Å²) in [7, 11) is 1.84. The lowest BCUT2D eigenvalue weighted by Gasteiger charge is -2.42. The van der Waals surface area contributed by atoms with Crippen molar-refractivity contribution in [3.63, 3.8) is 0 Å². The number of hydrogen-bond acceptors (Lipinski definition) is 6. The molecule has 2 atom stereocenters. The summed E-state index contributed by atoms with van der Waals surface area (Å²) < 4.78 is 8.09. The second-order valence-electron chi connectivity index (χ2n) is 11.6. The number of benzene rings is 1. The summed E-state index contributed by atoms with van der Waals surface area (Å²) in [6, 6.07) is 15.9. The van der Waals surface area contributed by atoms with Crippen molar-refractivity contribution in [1.29, 1.82) is 5.26 Å². The second kappa shape index (κ2) is 10.3. The highest BCUT2D eigenvalue weighted by molar-refractivity contribution is 5.83. The molecular formula is C31H38N6O2. The Morgan fingerprint density at radius 3 is 2.38 bits per heavy atom. The minimum atomic E-state index is -0.220. The summed E-state index contributed by atoms with van der Waals surface area (Å²) in [4.78, 5) is 19.5. The third-order valence-corrected chi connectivity index (χ3v) is 9.16. The van der Waals surface area contributed by atoms with E-state index in [9.17, 15) is 4.79 Å². The third-order valence-electron chi connectivity index (χ3n) is 9.16. The maximum Gasteiger partial charge on any atom is 0.227 e. The molecule has 0 N–H and O–H groups in total. The van der Waals surface area contributed by atoms with E-state index >= 15 is 0 Å². The zero-order chi connectivity index (χ0) is 27.1. The highest BCUT2D eigenvalue weighted by Gasteiger charge is 2.45. The molecule has 3 aliphatic rings. The van der Waals surface area contributed by atoms with E-state index in [-0.39, 0.29) is 23.3 Å². The number of aromatic nitrogens is 2. The Hall–Kier alpha value is -3.41. The highest BCUT2D eigenvalue weighted by atomic mass is 16.5. The van der Waals surface area contributed by atoms with Crippen LogP contribution in [0.5, 0.6) is 0 Å². The Labute approximate surface area is 230 Å². The zero-order valence-electron chi connectivity index (χ0n) is 23.2. The zero-order valence-corrected chi connectivity index (χ0v) is 23.2. The quantitative estimate of drug-likeness (QED) is 0.480. The van der Waals surface area contributed by atoms with Gasteiger partial charge in [0, 0.05) is 70.4 Å². The number of methoxy groups -OCH3 is 1. The van der Waals surface area contributed by atoms with Crippen LogP contribution in [-0.4, -0.2) is 77.7 Å². The monoisotopic (exact) mass is 526 g/mol. The number of carbonyl (C=O) groups is 1. The molecule has 6 rings (SSSR count). The standard InChI is InChI=1S/C31H38N6O2/c1-22(2)34-12-9-31(39-3,10-13-34)26-6-4-23(5-7-26)25-19-29-28(8-11-33-37(29)21-25)35-14-16-36(17-15-35)30(38)27-18-24(27)20-32/h4-8,11,19,21-22,24,27H,9-10,12-18H2,1-3H3/t24-,27+/m1/s1. The molecule has 1 aromatic carbocycles. The normalized spacial score (nSPS) is 23.3. The summed E-state index contributed by atoms with van der Waals surface area (Å²) in [5.74, 6) is -0.0166. The molecule has 2 aliphatic heterocycles. The van der Waals surface area contributed by atoms with Gasteiger partial charge in [0.25, 0.3) is 0 Å². The summed E-state index contributed by atoms with van der Waals surface area (Å²) in [5, 5.41) is 13.7. The summed E-state index contributed by atoms with van der Waals surface area (Å²) in [6.07, 6.45) is 6.67. The molecule has 8 heteroatoms. The molecule has 1 amide bonds. The number of ether oxygens (including phenoxy) is 1. The first kappa shape index (κ1) is 25.8. The van der Waals surface area contributed by atoms with Crippen molar-refractivity contribution in [3.8, 4) is 17.2 Å². The van der Waals surface area contributed by atoms with Gasteiger partial charge < -0.3 is 19.4 Å². The first-order chi connectivity index (χ1) is 18.9. The summed E-state index contributed by atoms with van der Waals surface area (Å²) in [5.41, 5.74) is 5.53. The van der Waals surface area contributed by atoms with E-state index in [1.165, 1.54) is 5.56 Å². The Kier molecular flexibility index (Phi) is 6.82. The Bertz CT molecular complexity index is 1370. The van der Waals surface area contributed by atoms with Gasteiger partial charge in [-0.3, -0.25) is 4.79 Å². The number of piperazine rings is 1. The van der Waals surface area contributed by atoms with Crippen molar-refractivity contribution in [2.45, 2.75) is 44.8 Å². The van der Waals surface area contributed by atoms with Gasteiger partial charge >= 0.3 is 0 Å². The fourth-order valence-electron chi connectivity index (χ4n) is 6.42. The predicted octanol–water partition coefficient (Wildman–Crippen LogP) is 4.16. The van der Waals surface area contributed by atoms with Gasteiger partial charge in [0.15, 0.2) is 0 Å². The van der Waals surface area contributed by atoms with Crippen LogP contribution in [0.1, 0.15) is 38.7 Å². The van der Waals surface area contributed by atoms with Crippen LogP contribution in [-0.2, 0) is 15.1 Å². The second-order valence-corrected chi connectivity index (χ2v) is 11.6. The van der Waals surface area contributed by atoms with Crippen LogP contribution in [0.3, 0.4) is 0 Å². The SMILES string of the molecule is COC1(c2ccc(-c3cc4c(N5CCN(C(=O)[C@H]6C[C@@H]6C#N)CC5)ccnn4c3)cc2)CCN(C(C)C)CC1. The fourth-order valence-corrected chi connectivity index (χ4v) is 6.42. The average molecular weight is 527 g/mol. The van der Waals surface area contributed by atoms with Crippen LogP contribution in [0.4, 0.5) is 5.69 Å². The third kappa shape index (κ3) is 4.79. The number of amides is 1. The maximum absolute atomic E-state index is 12.7. The van der Waals surface area contributed by atoms with E-state index in [1.807, 2.05) is 22.7 Å². The van der Waals surface area contributed by atoms with Gasteiger partial charge in [0.1, 0.15) is 0 Å². The predicted molar refractivity (Wildman–Crippen MR) is 151 cm³/mol. The van der Waals surface area contributed by atoms with Crippen molar-refractivity contribution in [2.24, 2.45) is 11.8 Å². The van der Waals surface area contributed by atoms with Crippen molar-refractivity contribution < 1.29 is 9.53 Å². The van der Waals surface area contributed by atoms with Crippen LogP contribution < -0.4 is 4.90 Å². The molecule has 2 aromatic heterocycles. The van der Waals surface area contributed by atoms with Gasteiger partial charge in [-0.25, -0.2) is 4.52 Å². The highest BCUT2D eigenvalue weighted by Crippen LogP contribution is 2.40. The Morgan fingerprint density at radius 2 is 1.77 bits per heavy atom. The van der Waals surface area contributed by atoms with Gasteiger partial charge in [0.05, 0.1) is 34.7 Å². The molecule has 0 radical (unpaired) electrons. The van der Waals surface area contributed by atoms with E-state index in [1.54, 1.807) is 0 Å². The first-order valence-electron chi connectivity index (χ1n) is 14.2. The van der Waals surface area contributed by atoms with Crippen LogP contribution in [0.15, 0.2) is 48.8 Å². The number of piperidine rings is 1. The van der Waals surface area contributed by atoms with Crippen molar-refractivity contribution in [2.75, 3.05) is 51.3 Å². The number of hydrogen-bond donors (Lipinski definition) is 0.